The second kappa shape index (κ2) is 7.53. The van der Waals surface area contributed by atoms with Crippen LogP contribution < -0.4 is 0 Å². The summed E-state index contributed by atoms with van der Waals surface area (Å²) in [6, 6.07) is 25.5. The van der Waals surface area contributed by atoms with Crippen LogP contribution in [0.25, 0.3) is 27.5 Å². The van der Waals surface area contributed by atoms with Gasteiger partial charge in [0.2, 0.25) is 0 Å². The first-order chi connectivity index (χ1) is 14.5. The highest BCUT2D eigenvalue weighted by atomic mass is 16.3. The summed E-state index contributed by atoms with van der Waals surface area (Å²) >= 11 is 0. The average molecular weight is 414 g/mol. The van der Waals surface area contributed by atoms with Gasteiger partial charge < -0.3 is 9.67 Å². The van der Waals surface area contributed by atoms with Crippen LogP contribution in [0.5, 0.6) is 0 Å². The zero-order valence-electron chi connectivity index (χ0n) is 19.7. The van der Waals surface area contributed by atoms with Crippen LogP contribution in [0.1, 0.15) is 59.9 Å². The number of fused-ring (bicyclic) bond motifs is 3. The highest BCUT2D eigenvalue weighted by molar-refractivity contribution is 6.09. The predicted octanol–water partition coefficient (Wildman–Crippen LogP) is 7.84. The third-order valence-corrected chi connectivity index (χ3v) is 5.87. The van der Waals surface area contributed by atoms with Crippen molar-refractivity contribution in [3.63, 3.8) is 0 Å². The Bertz CT molecular complexity index is 1150. The van der Waals surface area contributed by atoms with Crippen LogP contribution in [-0.2, 0) is 5.60 Å². The first-order valence-electron chi connectivity index (χ1n) is 11.3. The number of hydrogen-bond acceptors (Lipinski definition) is 1. The molecule has 0 saturated carbocycles. The molecule has 0 spiro atoms. The molecule has 31 heavy (non-hydrogen) atoms. The molecule has 0 saturated heterocycles. The molecule has 0 radical (unpaired) electrons. The van der Waals surface area contributed by atoms with Crippen LogP contribution in [0.15, 0.2) is 72.8 Å². The van der Waals surface area contributed by atoms with E-state index in [0.717, 1.165) is 11.3 Å². The zero-order chi connectivity index (χ0) is 22.4. The standard InChI is InChI=1S/C29H35NO/c1-27(2,3)19-29(31,20-28(4,5)6)23-15-9-12-18-26(23)30-24-16-10-7-13-21(24)22-14-8-11-17-25(22)30/h7-18,31H,19-20H2,1-6H3. The van der Waals surface area contributed by atoms with Gasteiger partial charge in [0.25, 0.3) is 0 Å². The summed E-state index contributed by atoms with van der Waals surface area (Å²) in [5, 5.41) is 14.7. The maximum Gasteiger partial charge on any atom is 0.0926 e. The SMILES string of the molecule is CC(C)(C)CC(O)(CC(C)(C)C)c1ccccc1-n1c2ccccc2c2ccccc21. The summed E-state index contributed by atoms with van der Waals surface area (Å²) in [4.78, 5) is 0. The number of hydrogen-bond donors (Lipinski definition) is 1. The molecule has 0 fully saturated rings. The maximum absolute atomic E-state index is 12.3. The van der Waals surface area contributed by atoms with Crippen molar-refractivity contribution in [3.05, 3.63) is 78.4 Å². The summed E-state index contributed by atoms with van der Waals surface area (Å²) in [6.07, 6.45) is 1.40. The van der Waals surface area contributed by atoms with E-state index in [1.54, 1.807) is 0 Å². The molecule has 0 bridgehead atoms. The second-order valence-corrected chi connectivity index (χ2v) is 11.4. The number of aromatic nitrogens is 1. The summed E-state index contributed by atoms with van der Waals surface area (Å²) in [5.41, 5.74) is 3.47. The molecule has 3 aromatic carbocycles. The van der Waals surface area contributed by atoms with Crippen molar-refractivity contribution < 1.29 is 5.11 Å². The molecule has 4 aromatic rings. The van der Waals surface area contributed by atoms with Crippen LogP contribution in [0.2, 0.25) is 0 Å². The Labute approximate surface area is 186 Å². The van der Waals surface area contributed by atoms with Gasteiger partial charge in [-0.1, -0.05) is 96.1 Å². The summed E-state index contributed by atoms with van der Waals surface area (Å²) in [5.74, 6) is 0. The van der Waals surface area contributed by atoms with E-state index < -0.39 is 5.60 Å². The molecule has 2 nitrogen and oxygen atoms in total. The van der Waals surface area contributed by atoms with E-state index in [9.17, 15) is 5.11 Å². The van der Waals surface area contributed by atoms with Crippen molar-refractivity contribution in [1.29, 1.82) is 0 Å². The molecule has 1 N–H and O–H groups in total. The number of rotatable bonds is 4. The van der Waals surface area contributed by atoms with Gasteiger partial charge in [0.15, 0.2) is 0 Å². The lowest BCUT2D eigenvalue weighted by Gasteiger charge is -2.40. The van der Waals surface area contributed by atoms with E-state index in [1.165, 1.54) is 21.8 Å². The topological polar surface area (TPSA) is 25.2 Å². The molecule has 0 aliphatic carbocycles. The Hall–Kier alpha value is -2.58. The van der Waals surface area contributed by atoms with Crippen molar-refractivity contribution in [2.24, 2.45) is 10.8 Å². The van der Waals surface area contributed by atoms with Crippen LogP contribution in [-0.4, -0.2) is 9.67 Å². The highest BCUT2D eigenvalue weighted by Gasteiger charge is 2.39. The van der Waals surface area contributed by atoms with Gasteiger partial charge in [0, 0.05) is 16.3 Å². The minimum Gasteiger partial charge on any atom is -0.385 e. The number of aliphatic hydroxyl groups is 1. The fraction of sp³-hybridized carbons (Fsp3) is 0.379. The van der Waals surface area contributed by atoms with Gasteiger partial charge in [-0.2, -0.15) is 0 Å². The molecule has 0 unspecified atom stereocenters. The Morgan fingerprint density at radius 3 is 1.52 bits per heavy atom. The van der Waals surface area contributed by atoms with Gasteiger partial charge in [-0.05, 0) is 41.9 Å². The van der Waals surface area contributed by atoms with Crippen molar-refractivity contribution in [1.82, 2.24) is 4.57 Å². The molecule has 1 aromatic heterocycles. The lowest BCUT2D eigenvalue weighted by Crippen LogP contribution is -2.36. The molecule has 2 heteroatoms. The van der Waals surface area contributed by atoms with E-state index in [-0.39, 0.29) is 10.8 Å². The Morgan fingerprint density at radius 1 is 0.613 bits per heavy atom. The molecule has 0 aliphatic rings. The van der Waals surface area contributed by atoms with Crippen molar-refractivity contribution in [2.45, 2.75) is 60.0 Å². The van der Waals surface area contributed by atoms with Gasteiger partial charge in [0.05, 0.1) is 22.3 Å². The Kier molecular flexibility index (Phi) is 5.26. The lowest BCUT2D eigenvalue weighted by molar-refractivity contribution is -0.0359. The average Bonchev–Trinajstić information content (AvgIpc) is 2.99. The molecule has 0 atom stereocenters. The first kappa shape index (κ1) is 21.6. The Morgan fingerprint density at radius 2 is 1.03 bits per heavy atom. The molecule has 0 amide bonds. The predicted molar refractivity (Wildman–Crippen MR) is 133 cm³/mol. The smallest absolute Gasteiger partial charge is 0.0926 e. The second-order valence-electron chi connectivity index (χ2n) is 11.4. The quantitative estimate of drug-likeness (QED) is 0.362. The van der Waals surface area contributed by atoms with Crippen molar-refractivity contribution in [2.75, 3.05) is 0 Å². The molecular weight excluding hydrogens is 378 g/mol. The summed E-state index contributed by atoms with van der Waals surface area (Å²) in [7, 11) is 0. The number of para-hydroxylation sites is 3. The minimum atomic E-state index is -0.931. The summed E-state index contributed by atoms with van der Waals surface area (Å²) < 4.78 is 2.33. The normalized spacial score (nSPS) is 13.3. The molecule has 4 rings (SSSR count). The zero-order valence-corrected chi connectivity index (χ0v) is 19.7. The third-order valence-electron chi connectivity index (χ3n) is 5.87. The van der Waals surface area contributed by atoms with Gasteiger partial charge in [-0.25, -0.2) is 0 Å². The maximum atomic E-state index is 12.3. The summed E-state index contributed by atoms with van der Waals surface area (Å²) in [6.45, 7) is 13.3. The van der Waals surface area contributed by atoms with Gasteiger partial charge >= 0.3 is 0 Å². The van der Waals surface area contributed by atoms with Crippen LogP contribution >= 0.6 is 0 Å². The van der Waals surface area contributed by atoms with Crippen LogP contribution in [0.3, 0.4) is 0 Å². The van der Waals surface area contributed by atoms with E-state index in [4.69, 9.17) is 0 Å². The van der Waals surface area contributed by atoms with Crippen molar-refractivity contribution >= 4 is 21.8 Å². The minimum absolute atomic E-state index is 0.00602. The van der Waals surface area contributed by atoms with Gasteiger partial charge in [0.1, 0.15) is 0 Å². The van der Waals surface area contributed by atoms with E-state index in [2.05, 4.69) is 119 Å². The molecule has 1 heterocycles. The molecular formula is C29H35NO. The van der Waals surface area contributed by atoms with Crippen LogP contribution in [0, 0.1) is 10.8 Å². The molecule has 162 valence electrons. The molecule has 0 aliphatic heterocycles. The number of benzene rings is 3. The van der Waals surface area contributed by atoms with E-state index in [0.29, 0.717) is 12.8 Å². The lowest BCUT2D eigenvalue weighted by atomic mass is 9.70. The largest absolute Gasteiger partial charge is 0.385 e. The van der Waals surface area contributed by atoms with Gasteiger partial charge in [-0.3, -0.25) is 0 Å². The Balaban J connectivity index is 2.03. The highest BCUT2D eigenvalue weighted by Crippen LogP contribution is 2.45. The third kappa shape index (κ3) is 4.27. The van der Waals surface area contributed by atoms with Crippen molar-refractivity contribution in [3.8, 4) is 5.69 Å². The fourth-order valence-corrected chi connectivity index (χ4v) is 5.25. The van der Waals surface area contributed by atoms with E-state index in [1.807, 2.05) is 0 Å². The fourth-order valence-electron chi connectivity index (χ4n) is 5.25. The number of nitrogens with zero attached hydrogens (tertiary/aromatic N) is 1. The van der Waals surface area contributed by atoms with Gasteiger partial charge in [-0.15, -0.1) is 0 Å². The first-order valence-corrected chi connectivity index (χ1v) is 11.3. The monoisotopic (exact) mass is 413 g/mol. The van der Waals surface area contributed by atoms with Crippen LogP contribution in [0.4, 0.5) is 0 Å². The van der Waals surface area contributed by atoms with E-state index >= 15 is 0 Å².